The van der Waals surface area contributed by atoms with Crippen LogP contribution in [0.4, 0.5) is 0 Å². The summed E-state index contributed by atoms with van der Waals surface area (Å²) >= 11 is 0. The van der Waals surface area contributed by atoms with Crippen molar-refractivity contribution in [2.45, 2.75) is 26.8 Å². The molecule has 1 aromatic rings. The molecule has 0 aliphatic carbocycles. The molecule has 2 rings (SSSR count). The first-order chi connectivity index (χ1) is 8.94. The Kier molecular flexibility index (Phi) is 3.48. The number of nitrogens with zero attached hydrogens (tertiary/aromatic N) is 2. The SMILES string of the molecule is CN(Cc1ccc2c(c1)CCO2)C(=O)C(C)(C)C#N. The summed E-state index contributed by atoms with van der Waals surface area (Å²) in [6, 6.07) is 8.03. The molecule has 0 radical (unpaired) electrons. The van der Waals surface area contributed by atoms with Crippen LogP contribution in [0.2, 0.25) is 0 Å². The van der Waals surface area contributed by atoms with Crippen LogP contribution in [-0.4, -0.2) is 24.5 Å². The Morgan fingerprint density at radius 3 is 2.95 bits per heavy atom. The largest absolute Gasteiger partial charge is 0.493 e. The zero-order valence-corrected chi connectivity index (χ0v) is 11.6. The second kappa shape index (κ2) is 4.93. The molecule has 1 aromatic carbocycles. The summed E-state index contributed by atoms with van der Waals surface area (Å²) in [4.78, 5) is 13.7. The van der Waals surface area contributed by atoms with Crippen molar-refractivity contribution < 1.29 is 9.53 Å². The zero-order chi connectivity index (χ0) is 14.0. The van der Waals surface area contributed by atoms with Gasteiger partial charge >= 0.3 is 0 Å². The van der Waals surface area contributed by atoms with Gasteiger partial charge in [-0.3, -0.25) is 4.79 Å². The van der Waals surface area contributed by atoms with E-state index in [-0.39, 0.29) is 5.91 Å². The fraction of sp³-hybridized carbons (Fsp3) is 0.467. The molecule has 0 atom stereocenters. The standard InChI is InChI=1S/C15H18N2O2/c1-15(2,10-16)14(18)17(3)9-11-4-5-13-12(8-11)6-7-19-13/h4-5,8H,6-7,9H2,1-3H3. The lowest BCUT2D eigenvalue weighted by Gasteiger charge is -2.24. The molecule has 19 heavy (non-hydrogen) atoms. The Balaban J connectivity index is 2.10. The van der Waals surface area contributed by atoms with Crippen molar-refractivity contribution in [1.82, 2.24) is 4.90 Å². The minimum Gasteiger partial charge on any atom is -0.493 e. The van der Waals surface area contributed by atoms with Crippen molar-refractivity contribution in [3.05, 3.63) is 29.3 Å². The number of hydrogen-bond acceptors (Lipinski definition) is 3. The highest BCUT2D eigenvalue weighted by molar-refractivity contribution is 5.84. The Morgan fingerprint density at radius 2 is 2.26 bits per heavy atom. The van der Waals surface area contributed by atoms with Crippen molar-refractivity contribution in [2.75, 3.05) is 13.7 Å². The number of hydrogen-bond donors (Lipinski definition) is 0. The van der Waals surface area contributed by atoms with E-state index in [0.717, 1.165) is 24.3 Å². The molecule has 100 valence electrons. The number of ether oxygens (including phenoxy) is 1. The molecule has 0 N–H and O–H groups in total. The lowest BCUT2D eigenvalue weighted by atomic mass is 9.94. The minimum absolute atomic E-state index is 0.160. The summed E-state index contributed by atoms with van der Waals surface area (Å²) in [5.74, 6) is 0.779. The molecule has 1 heterocycles. The van der Waals surface area contributed by atoms with Gasteiger partial charge in [0.2, 0.25) is 5.91 Å². The van der Waals surface area contributed by atoms with Gasteiger partial charge in [-0.2, -0.15) is 5.26 Å². The monoisotopic (exact) mass is 258 g/mol. The second-order valence-electron chi connectivity index (χ2n) is 5.44. The molecule has 0 aromatic heterocycles. The number of carbonyl (C=O) groups excluding carboxylic acids is 1. The lowest BCUT2D eigenvalue weighted by Crippen LogP contribution is -2.37. The molecular weight excluding hydrogens is 240 g/mol. The van der Waals surface area contributed by atoms with Gasteiger partial charge in [0, 0.05) is 20.0 Å². The maximum absolute atomic E-state index is 12.1. The van der Waals surface area contributed by atoms with Crippen LogP contribution < -0.4 is 4.74 Å². The highest BCUT2D eigenvalue weighted by atomic mass is 16.5. The van der Waals surface area contributed by atoms with Gasteiger partial charge in [0.15, 0.2) is 0 Å². The van der Waals surface area contributed by atoms with E-state index in [1.54, 1.807) is 25.8 Å². The van der Waals surface area contributed by atoms with Crippen LogP contribution in [-0.2, 0) is 17.8 Å². The average Bonchev–Trinajstić information content (AvgIpc) is 2.85. The third-order valence-corrected chi connectivity index (χ3v) is 3.33. The van der Waals surface area contributed by atoms with Gasteiger partial charge in [-0.05, 0) is 31.0 Å². The minimum atomic E-state index is -0.978. The molecular formula is C15H18N2O2. The van der Waals surface area contributed by atoms with E-state index in [1.807, 2.05) is 18.2 Å². The first-order valence-corrected chi connectivity index (χ1v) is 6.35. The number of nitriles is 1. The molecule has 4 nitrogen and oxygen atoms in total. The van der Waals surface area contributed by atoms with Crippen molar-refractivity contribution in [1.29, 1.82) is 5.26 Å². The Labute approximate surface area is 113 Å². The third kappa shape index (κ3) is 2.70. The van der Waals surface area contributed by atoms with E-state index in [4.69, 9.17) is 10.00 Å². The van der Waals surface area contributed by atoms with Gasteiger partial charge in [-0.15, -0.1) is 0 Å². The Hall–Kier alpha value is -2.02. The van der Waals surface area contributed by atoms with Crippen LogP contribution in [0.15, 0.2) is 18.2 Å². The van der Waals surface area contributed by atoms with Gasteiger partial charge < -0.3 is 9.64 Å². The molecule has 0 spiro atoms. The topological polar surface area (TPSA) is 53.3 Å². The maximum atomic E-state index is 12.1. The van der Waals surface area contributed by atoms with E-state index in [0.29, 0.717) is 6.54 Å². The maximum Gasteiger partial charge on any atom is 0.242 e. The van der Waals surface area contributed by atoms with Crippen LogP contribution in [0.25, 0.3) is 0 Å². The average molecular weight is 258 g/mol. The zero-order valence-electron chi connectivity index (χ0n) is 11.6. The summed E-state index contributed by atoms with van der Waals surface area (Å²) in [5.41, 5.74) is 1.28. The number of benzene rings is 1. The van der Waals surface area contributed by atoms with E-state index in [1.165, 1.54) is 5.56 Å². The number of rotatable bonds is 3. The van der Waals surface area contributed by atoms with Crippen molar-refractivity contribution in [3.63, 3.8) is 0 Å². The summed E-state index contributed by atoms with van der Waals surface area (Å²) < 4.78 is 5.45. The molecule has 0 fully saturated rings. The third-order valence-electron chi connectivity index (χ3n) is 3.33. The highest BCUT2D eigenvalue weighted by Gasteiger charge is 2.30. The fourth-order valence-electron chi connectivity index (χ4n) is 2.21. The van der Waals surface area contributed by atoms with Gasteiger partial charge in [0.05, 0.1) is 12.7 Å². The summed E-state index contributed by atoms with van der Waals surface area (Å²) in [6.07, 6.45) is 0.921. The first kappa shape index (κ1) is 13.4. The summed E-state index contributed by atoms with van der Waals surface area (Å²) in [5, 5.41) is 8.99. The van der Waals surface area contributed by atoms with E-state index in [9.17, 15) is 4.79 Å². The van der Waals surface area contributed by atoms with Crippen LogP contribution in [0.1, 0.15) is 25.0 Å². The van der Waals surface area contributed by atoms with Crippen LogP contribution >= 0.6 is 0 Å². The molecule has 0 unspecified atom stereocenters. The van der Waals surface area contributed by atoms with Gasteiger partial charge in [-0.25, -0.2) is 0 Å². The van der Waals surface area contributed by atoms with Crippen LogP contribution in [0, 0.1) is 16.7 Å². The van der Waals surface area contributed by atoms with Gasteiger partial charge in [-0.1, -0.05) is 12.1 Å². The van der Waals surface area contributed by atoms with Crippen molar-refractivity contribution in [2.24, 2.45) is 5.41 Å². The molecule has 0 saturated heterocycles. The lowest BCUT2D eigenvalue weighted by molar-refractivity contribution is -0.136. The molecule has 0 saturated carbocycles. The summed E-state index contributed by atoms with van der Waals surface area (Å²) in [6.45, 7) is 4.52. The highest BCUT2D eigenvalue weighted by Crippen LogP contribution is 2.26. The number of carbonyl (C=O) groups is 1. The Morgan fingerprint density at radius 1 is 1.53 bits per heavy atom. The van der Waals surface area contributed by atoms with Gasteiger partial charge in [0.25, 0.3) is 0 Å². The van der Waals surface area contributed by atoms with E-state index < -0.39 is 5.41 Å². The molecule has 0 bridgehead atoms. The van der Waals surface area contributed by atoms with Crippen molar-refractivity contribution >= 4 is 5.91 Å². The second-order valence-corrected chi connectivity index (χ2v) is 5.44. The molecule has 4 heteroatoms. The quantitative estimate of drug-likeness (QED) is 0.834. The van der Waals surface area contributed by atoms with Crippen molar-refractivity contribution in [3.8, 4) is 11.8 Å². The van der Waals surface area contributed by atoms with E-state index in [2.05, 4.69) is 6.07 Å². The molecule has 1 amide bonds. The normalized spacial score (nSPS) is 13.4. The number of fused-ring (bicyclic) bond motifs is 1. The molecule has 1 aliphatic rings. The predicted molar refractivity (Wildman–Crippen MR) is 71.5 cm³/mol. The smallest absolute Gasteiger partial charge is 0.242 e. The predicted octanol–water partition coefficient (Wildman–Crippen LogP) is 2.13. The summed E-state index contributed by atoms with van der Waals surface area (Å²) in [7, 11) is 1.73. The van der Waals surface area contributed by atoms with Crippen LogP contribution in [0.3, 0.4) is 0 Å². The van der Waals surface area contributed by atoms with Crippen LogP contribution in [0.5, 0.6) is 5.75 Å². The number of amides is 1. The van der Waals surface area contributed by atoms with E-state index >= 15 is 0 Å². The van der Waals surface area contributed by atoms with Gasteiger partial charge in [0.1, 0.15) is 11.2 Å². The fourth-order valence-corrected chi connectivity index (χ4v) is 2.21. The first-order valence-electron chi connectivity index (χ1n) is 6.35. The molecule has 1 aliphatic heterocycles. The Bertz CT molecular complexity index is 544.